The zero-order valence-electron chi connectivity index (χ0n) is 25.3. The van der Waals surface area contributed by atoms with E-state index < -0.39 is 6.43 Å². The number of carbonyl (C=O) groups excluding carboxylic acids is 1. The second-order valence-corrected chi connectivity index (χ2v) is 13.0. The topological polar surface area (TPSA) is 64.4 Å². The summed E-state index contributed by atoms with van der Waals surface area (Å²) in [5.74, 6) is 0.865. The summed E-state index contributed by atoms with van der Waals surface area (Å²) in [5.41, 5.74) is 2.56. The Labute approximate surface area is 265 Å². The Balaban J connectivity index is 1.74. The van der Waals surface area contributed by atoms with Gasteiger partial charge in [0.15, 0.2) is 0 Å². The first-order valence-electron chi connectivity index (χ1n) is 14.9. The number of amides is 1. The molecule has 232 valence electrons. The second kappa shape index (κ2) is 13.6. The van der Waals surface area contributed by atoms with E-state index in [-0.39, 0.29) is 28.5 Å². The minimum atomic E-state index is -2.57. The van der Waals surface area contributed by atoms with Crippen molar-refractivity contribution >= 4 is 28.8 Å². The third kappa shape index (κ3) is 6.74. The average molecular weight is 640 g/mol. The van der Waals surface area contributed by atoms with Gasteiger partial charge in [0.2, 0.25) is 0 Å². The molecule has 1 fully saturated rings. The van der Waals surface area contributed by atoms with Crippen molar-refractivity contribution in [1.82, 2.24) is 14.5 Å². The number of carbonyl (C=O) groups is 1. The predicted molar refractivity (Wildman–Crippen MR) is 173 cm³/mol. The molecule has 10 heteroatoms. The summed E-state index contributed by atoms with van der Waals surface area (Å²) >= 11 is 7.74. The van der Waals surface area contributed by atoms with Crippen molar-refractivity contribution in [3.05, 3.63) is 86.1 Å². The van der Waals surface area contributed by atoms with Crippen LogP contribution >= 0.6 is 22.9 Å². The molecule has 0 bridgehead atoms. The number of piperidine rings is 1. The molecule has 0 radical (unpaired) electrons. The van der Waals surface area contributed by atoms with E-state index in [2.05, 4.69) is 6.92 Å². The van der Waals surface area contributed by atoms with Crippen molar-refractivity contribution in [3.8, 4) is 33.3 Å². The standard InChI is InChI=1S/C34H36ClF2N3O3S/c1-5-43-30-13-12-24(35)16-29(30)40-28(15-20(2)3)25(33(41)39-14-6-7-21(4)18-39)17-26(34(40)42)32-38-27(19-44-32)22-8-10-23(11-9-22)31(36)37/h8-13,16-17,19-21,31H,5-7,14-15,18H2,1-4H3/t21-/m1/s1. The van der Waals surface area contributed by atoms with Crippen LogP contribution in [0, 0.1) is 11.8 Å². The van der Waals surface area contributed by atoms with Crippen LogP contribution in [0.5, 0.6) is 5.75 Å². The smallest absolute Gasteiger partial charge is 0.265 e. The summed E-state index contributed by atoms with van der Waals surface area (Å²) in [6, 6.07) is 12.8. The highest BCUT2D eigenvalue weighted by Gasteiger charge is 2.29. The zero-order valence-corrected chi connectivity index (χ0v) is 26.9. The fourth-order valence-electron chi connectivity index (χ4n) is 5.65. The second-order valence-electron chi connectivity index (χ2n) is 11.7. The maximum Gasteiger partial charge on any atom is 0.265 e. The van der Waals surface area contributed by atoms with E-state index >= 15 is 0 Å². The number of hydrogen-bond acceptors (Lipinski definition) is 5. The van der Waals surface area contributed by atoms with Crippen LogP contribution in [-0.4, -0.2) is 40.1 Å². The molecule has 0 unspecified atom stereocenters. The van der Waals surface area contributed by atoms with Crippen LogP contribution in [0.2, 0.25) is 5.02 Å². The van der Waals surface area contributed by atoms with Crippen molar-refractivity contribution in [2.75, 3.05) is 19.7 Å². The summed E-state index contributed by atoms with van der Waals surface area (Å²) < 4.78 is 33.8. The van der Waals surface area contributed by atoms with Crippen molar-refractivity contribution in [3.63, 3.8) is 0 Å². The molecule has 44 heavy (non-hydrogen) atoms. The van der Waals surface area contributed by atoms with Crippen LogP contribution in [0.4, 0.5) is 8.78 Å². The number of nitrogens with zero attached hydrogens (tertiary/aromatic N) is 3. The number of ether oxygens (including phenoxy) is 1. The largest absolute Gasteiger partial charge is 0.492 e. The van der Waals surface area contributed by atoms with Gasteiger partial charge in [-0.25, -0.2) is 13.8 Å². The van der Waals surface area contributed by atoms with Gasteiger partial charge < -0.3 is 9.64 Å². The highest BCUT2D eigenvalue weighted by molar-refractivity contribution is 7.13. The molecule has 1 aliphatic rings. The van der Waals surface area contributed by atoms with Gasteiger partial charge >= 0.3 is 0 Å². The van der Waals surface area contributed by atoms with Gasteiger partial charge in [0.25, 0.3) is 17.9 Å². The average Bonchev–Trinajstić information content (AvgIpc) is 3.48. The molecule has 1 atom stereocenters. The van der Waals surface area contributed by atoms with E-state index in [1.54, 1.807) is 46.3 Å². The third-order valence-electron chi connectivity index (χ3n) is 7.73. The van der Waals surface area contributed by atoms with Gasteiger partial charge in [0, 0.05) is 40.3 Å². The number of halogens is 3. The van der Waals surface area contributed by atoms with E-state index in [0.29, 0.717) is 76.0 Å². The molecule has 0 aliphatic carbocycles. The van der Waals surface area contributed by atoms with E-state index in [4.69, 9.17) is 21.3 Å². The highest BCUT2D eigenvalue weighted by Crippen LogP contribution is 2.34. The number of likely N-dealkylation sites (tertiary alicyclic amines) is 1. The molecule has 1 saturated heterocycles. The molecule has 3 heterocycles. The number of benzene rings is 2. The number of thiazole rings is 1. The Morgan fingerprint density at radius 2 is 1.91 bits per heavy atom. The number of alkyl halides is 2. The number of rotatable bonds is 9. The fraction of sp³-hybridized carbons (Fsp3) is 0.382. The molecular weight excluding hydrogens is 604 g/mol. The first-order chi connectivity index (χ1) is 21.1. The molecule has 0 N–H and O–H groups in total. The number of hydrogen-bond donors (Lipinski definition) is 0. The summed E-state index contributed by atoms with van der Waals surface area (Å²) in [6.07, 6.45) is -0.113. The van der Waals surface area contributed by atoms with Crippen LogP contribution in [0.25, 0.3) is 27.5 Å². The van der Waals surface area contributed by atoms with Gasteiger partial charge in [-0.15, -0.1) is 11.3 Å². The van der Waals surface area contributed by atoms with Crippen LogP contribution in [0.3, 0.4) is 0 Å². The minimum absolute atomic E-state index is 0.0744. The molecule has 1 amide bonds. The molecular formula is C34H36ClF2N3O3S. The fourth-order valence-corrected chi connectivity index (χ4v) is 6.65. The molecule has 4 aromatic rings. The summed E-state index contributed by atoms with van der Waals surface area (Å²) in [7, 11) is 0. The maximum absolute atomic E-state index is 14.5. The van der Waals surface area contributed by atoms with Gasteiger partial charge in [-0.05, 0) is 62.3 Å². The lowest BCUT2D eigenvalue weighted by Crippen LogP contribution is -2.40. The summed E-state index contributed by atoms with van der Waals surface area (Å²) in [4.78, 5) is 35.5. The normalized spacial score (nSPS) is 15.3. The Morgan fingerprint density at radius 1 is 1.16 bits per heavy atom. The minimum Gasteiger partial charge on any atom is -0.492 e. The lowest BCUT2D eigenvalue weighted by atomic mass is 9.96. The Morgan fingerprint density at radius 3 is 2.57 bits per heavy atom. The van der Waals surface area contributed by atoms with Crippen molar-refractivity contribution in [1.29, 1.82) is 0 Å². The highest BCUT2D eigenvalue weighted by atomic mass is 35.5. The first kappa shape index (κ1) is 31.9. The van der Waals surface area contributed by atoms with Gasteiger partial charge in [-0.2, -0.15) is 0 Å². The Hall–Kier alpha value is -3.56. The van der Waals surface area contributed by atoms with Gasteiger partial charge in [-0.1, -0.05) is 56.6 Å². The van der Waals surface area contributed by atoms with Crippen LogP contribution in [0.1, 0.15) is 68.6 Å². The monoisotopic (exact) mass is 639 g/mol. The molecule has 0 spiro atoms. The van der Waals surface area contributed by atoms with Crippen molar-refractivity contribution in [2.45, 2.75) is 53.4 Å². The van der Waals surface area contributed by atoms with Crippen LogP contribution in [-0.2, 0) is 6.42 Å². The molecule has 6 nitrogen and oxygen atoms in total. The van der Waals surface area contributed by atoms with E-state index in [1.807, 2.05) is 25.7 Å². The quantitative estimate of drug-likeness (QED) is 0.184. The van der Waals surface area contributed by atoms with Gasteiger partial charge in [0.1, 0.15) is 10.8 Å². The summed E-state index contributed by atoms with van der Waals surface area (Å²) in [5, 5.41) is 2.64. The summed E-state index contributed by atoms with van der Waals surface area (Å²) in [6.45, 7) is 9.78. The lowest BCUT2D eigenvalue weighted by molar-refractivity contribution is 0.0680. The predicted octanol–water partition coefficient (Wildman–Crippen LogP) is 8.69. The van der Waals surface area contributed by atoms with Crippen molar-refractivity contribution < 1.29 is 18.3 Å². The molecule has 5 rings (SSSR count). The van der Waals surface area contributed by atoms with Crippen molar-refractivity contribution in [2.24, 2.45) is 11.8 Å². The lowest BCUT2D eigenvalue weighted by Gasteiger charge is -2.32. The number of aromatic nitrogens is 2. The van der Waals surface area contributed by atoms with E-state index in [0.717, 1.165) is 12.8 Å². The van der Waals surface area contributed by atoms with Gasteiger partial charge in [-0.3, -0.25) is 14.2 Å². The van der Waals surface area contributed by atoms with E-state index in [9.17, 15) is 18.4 Å². The molecule has 2 aromatic heterocycles. The van der Waals surface area contributed by atoms with Crippen LogP contribution in [0.15, 0.2) is 58.7 Å². The molecule has 1 aliphatic heterocycles. The Kier molecular flexibility index (Phi) is 9.85. The van der Waals surface area contributed by atoms with Crippen LogP contribution < -0.4 is 10.3 Å². The third-order valence-corrected chi connectivity index (χ3v) is 8.84. The Bertz CT molecular complexity index is 1700. The zero-order chi connectivity index (χ0) is 31.5. The SMILES string of the molecule is CCOc1ccc(Cl)cc1-n1c(CC(C)C)c(C(=O)N2CCC[C@@H](C)C2)cc(-c2nc(-c3ccc(C(F)F)cc3)cs2)c1=O. The first-order valence-corrected chi connectivity index (χ1v) is 16.2. The van der Waals surface area contributed by atoms with E-state index in [1.165, 1.54) is 23.5 Å². The van der Waals surface area contributed by atoms with Gasteiger partial charge in [0.05, 0.1) is 29.1 Å². The maximum atomic E-state index is 14.5. The number of pyridine rings is 1. The molecule has 0 saturated carbocycles. The molecule has 2 aromatic carbocycles.